The first-order chi connectivity index (χ1) is 5.79. The molecule has 0 aromatic carbocycles. The van der Waals surface area contributed by atoms with Crippen LogP contribution in [0.5, 0.6) is 0 Å². The maximum atomic E-state index is 10.9. The molecule has 1 aromatic rings. The van der Waals surface area contributed by atoms with Crippen LogP contribution in [0.3, 0.4) is 0 Å². The van der Waals surface area contributed by atoms with E-state index < -0.39 is 0 Å². The average Bonchev–Trinajstić information content (AvgIpc) is 2.43. The van der Waals surface area contributed by atoms with Gasteiger partial charge in [0.15, 0.2) is 0 Å². The molecule has 0 saturated carbocycles. The maximum absolute atomic E-state index is 10.9. The number of hydrogen-bond acceptors (Lipinski definition) is 4. The van der Waals surface area contributed by atoms with E-state index in [0.717, 1.165) is 33.1 Å². The van der Waals surface area contributed by atoms with Crippen LogP contribution < -0.4 is 4.87 Å². The van der Waals surface area contributed by atoms with E-state index in [-0.39, 0.29) is 4.87 Å². The van der Waals surface area contributed by atoms with Crippen molar-refractivity contribution in [3.8, 4) is 0 Å². The number of aromatic nitrogens is 1. The number of rotatable bonds is 1. The molecular weight excluding hydrogens is 194 g/mol. The summed E-state index contributed by atoms with van der Waals surface area (Å²) in [7, 11) is 0. The Labute approximate surface area is 76.5 Å². The highest BCUT2D eigenvalue weighted by molar-refractivity contribution is 7.99. The molecule has 12 heavy (non-hydrogen) atoms. The number of hydrogen-bond donors (Lipinski definition) is 1. The Bertz CT molecular complexity index is 402. The van der Waals surface area contributed by atoms with Crippen LogP contribution in [0.15, 0.2) is 15.4 Å². The Kier molecular flexibility index (Phi) is 1.90. The summed E-state index contributed by atoms with van der Waals surface area (Å²) in [5.74, 6) is 0.656. The van der Waals surface area contributed by atoms with Crippen molar-refractivity contribution < 1.29 is 4.79 Å². The molecule has 0 fully saturated rings. The quantitative estimate of drug-likeness (QED) is 0.690. The fourth-order valence-corrected chi connectivity index (χ4v) is 2.86. The zero-order valence-corrected chi connectivity index (χ0v) is 7.63. The van der Waals surface area contributed by atoms with Gasteiger partial charge in [-0.05, 0) is 6.08 Å². The van der Waals surface area contributed by atoms with Crippen LogP contribution in [-0.4, -0.2) is 17.0 Å². The smallest absolute Gasteiger partial charge is 0.305 e. The number of thioether (sulfide) groups is 1. The lowest BCUT2D eigenvalue weighted by atomic mass is 10.3. The lowest BCUT2D eigenvalue weighted by molar-refractivity contribution is -0.104. The van der Waals surface area contributed by atoms with E-state index in [0.29, 0.717) is 5.75 Å². The zero-order chi connectivity index (χ0) is 8.55. The standard InChI is InChI=1S/C7H5NO2S2/c9-2-4-1-5-6(11-3-4)8-7(10)12-5/h1-2H,3H2,(H,8,10). The van der Waals surface area contributed by atoms with E-state index in [1.165, 1.54) is 11.8 Å². The molecule has 0 unspecified atom stereocenters. The third-order valence-corrected chi connectivity index (χ3v) is 3.54. The first-order valence-corrected chi connectivity index (χ1v) is 5.11. The summed E-state index contributed by atoms with van der Waals surface area (Å²) in [6, 6.07) is 0. The first kappa shape index (κ1) is 7.82. The fourth-order valence-electron chi connectivity index (χ4n) is 0.962. The van der Waals surface area contributed by atoms with Gasteiger partial charge in [-0.3, -0.25) is 9.59 Å². The van der Waals surface area contributed by atoms with E-state index in [4.69, 9.17) is 0 Å². The molecule has 0 bridgehead atoms. The van der Waals surface area contributed by atoms with Crippen LogP contribution in [-0.2, 0) is 4.79 Å². The van der Waals surface area contributed by atoms with Crippen molar-refractivity contribution in [2.24, 2.45) is 0 Å². The molecule has 0 spiro atoms. The predicted octanol–water partition coefficient (Wildman–Crippen LogP) is 1.12. The molecule has 0 amide bonds. The van der Waals surface area contributed by atoms with Gasteiger partial charge in [0, 0.05) is 11.3 Å². The third-order valence-electron chi connectivity index (χ3n) is 1.49. The Morgan fingerprint density at radius 3 is 3.17 bits per heavy atom. The lowest BCUT2D eigenvalue weighted by Crippen LogP contribution is -1.96. The van der Waals surface area contributed by atoms with Crippen molar-refractivity contribution in [3.05, 3.63) is 20.1 Å². The van der Waals surface area contributed by atoms with Crippen molar-refractivity contribution in [1.29, 1.82) is 0 Å². The van der Waals surface area contributed by atoms with Crippen molar-refractivity contribution >= 4 is 35.5 Å². The first-order valence-electron chi connectivity index (χ1n) is 3.31. The van der Waals surface area contributed by atoms with Crippen LogP contribution in [0, 0.1) is 0 Å². The molecule has 1 N–H and O–H groups in total. The van der Waals surface area contributed by atoms with Crippen molar-refractivity contribution in [3.63, 3.8) is 0 Å². The molecule has 0 aliphatic carbocycles. The highest BCUT2D eigenvalue weighted by Gasteiger charge is 2.13. The van der Waals surface area contributed by atoms with Crippen molar-refractivity contribution in [2.45, 2.75) is 5.03 Å². The Hall–Kier alpha value is -0.810. The molecule has 1 aliphatic heterocycles. The second-order valence-electron chi connectivity index (χ2n) is 2.33. The van der Waals surface area contributed by atoms with E-state index in [2.05, 4.69) is 4.98 Å². The van der Waals surface area contributed by atoms with E-state index in [9.17, 15) is 9.59 Å². The molecule has 1 aromatic heterocycles. The molecule has 2 heterocycles. The number of aromatic amines is 1. The van der Waals surface area contributed by atoms with Crippen LogP contribution in [0.2, 0.25) is 0 Å². The van der Waals surface area contributed by atoms with Gasteiger partial charge in [0.2, 0.25) is 0 Å². The molecule has 2 rings (SSSR count). The minimum absolute atomic E-state index is 0.0594. The summed E-state index contributed by atoms with van der Waals surface area (Å²) in [6.07, 6.45) is 2.60. The summed E-state index contributed by atoms with van der Waals surface area (Å²) in [4.78, 5) is 24.8. The van der Waals surface area contributed by atoms with Gasteiger partial charge in [-0.2, -0.15) is 0 Å². The number of fused-ring (bicyclic) bond motifs is 1. The molecular formula is C7H5NO2S2. The van der Waals surface area contributed by atoms with Gasteiger partial charge in [0.25, 0.3) is 0 Å². The minimum atomic E-state index is -0.0594. The van der Waals surface area contributed by atoms with Gasteiger partial charge < -0.3 is 4.98 Å². The summed E-state index contributed by atoms with van der Waals surface area (Å²) in [6.45, 7) is 0. The minimum Gasteiger partial charge on any atom is -0.307 e. The molecule has 0 atom stereocenters. The fraction of sp³-hybridized carbons (Fsp3) is 0.143. The summed E-state index contributed by atoms with van der Waals surface area (Å²) in [5.41, 5.74) is 0.739. The van der Waals surface area contributed by atoms with Crippen LogP contribution in [0.4, 0.5) is 0 Å². The van der Waals surface area contributed by atoms with Crippen LogP contribution in [0.25, 0.3) is 6.08 Å². The number of carbonyl (C=O) groups excluding carboxylic acids is 1. The normalized spacial score (nSPS) is 15.2. The third kappa shape index (κ3) is 1.25. The second-order valence-corrected chi connectivity index (χ2v) is 4.33. The highest BCUT2D eigenvalue weighted by Crippen LogP contribution is 2.30. The number of aldehydes is 1. The Morgan fingerprint density at radius 1 is 1.58 bits per heavy atom. The van der Waals surface area contributed by atoms with Crippen molar-refractivity contribution in [2.75, 3.05) is 5.75 Å². The SMILES string of the molecule is O=CC1=Cc2sc(=O)[nH]c2SC1. The predicted molar refractivity (Wildman–Crippen MR) is 49.7 cm³/mol. The van der Waals surface area contributed by atoms with Gasteiger partial charge in [0.1, 0.15) is 6.29 Å². The maximum Gasteiger partial charge on any atom is 0.305 e. The molecule has 0 saturated heterocycles. The second kappa shape index (κ2) is 2.91. The van der Waals surface area contributed by atoms with Gasteiger partial charge in [-0.15, -0.1) is 11.8 Å². The molecule has 3 nitrogen and oxygen atoms in total. The number of carbonyl (C=O) groups is 1. The summed E-state index contributed by atoms with van der Waals surface area (Å²) >= 11 is 2.64. The molecule has 0 radical (unpaired) electrons. The van der Waals surface area contributed by atoms with Crippen LogP contribution in [0.1, 0.15) is 4.88 Å². The molecule has 62 valence electrons. The van der Waals surface area contributed by atoms with E-state index in [1.54, 1.807) is 6.08 Å². The largest absolute Gasteiger partial charge is 0.307 e. The lowest BCUT2D eigenvalue weighted by Gasteiger charge is -2.05. The summed E-state index contributed by atoms with van der Waals surface area (Å²) in [5, 5.41) is 0.885. The molecule has 1 aliphatic rings. The summed E-state index contributed by atoms with van der Waals surface area (Å²) < 4.78 is 0. The highest BCUT2D eigenvalue weighted by atomic mass is 32.2. The van der Waals surface area contributed by atoms with Crippen LogP contribution >= 0.6 is 23.1 Å². The van der Waals surface area contributed by atoms with Gasteiger partial charge in [-0.1, -0.05) is 11.3 Å². The number of thiazole rings is 1. The van der Waals surface area contributed by atoms with E-state index >= 15 is 0 Å². The number of nitrogens with one attached hydrogen (secondary N) is 1. The zero-order valence-electron chi connectivity index (χ0n) is 5.99. The van der Waals surface area contributed by atoms with Crippen molar-refractivity contribution in [1.82, 2.24) is 4.98 Å². The van der Waals surface area contributed by atoms with E-state index in [1.807, 2.05) is 0 Å². The van der Waals surface area contributed by atoms with Gasteiger partial charge in [-0.25, -0.2) is 0 Å². The average molecular weight is 199 g/mol. The monoisotopic (exact) mass is 199 g/mol. The van der Waals surface area contributed by atoms with Gasteiger partial charge >= 0.3 is 4.87 Å². The Balaban J connectivity index is 2.53. The topological polar surface area (TPSA) is 49.9 Å². The van der Waals surface area contributed by atoms with Gasteiger partial charge in [0.05, 0.1) is 9.90 Å². The molecule has 5 heteroatoms. The Morgan fingerprint density at radius 2 is 2.42 bits per heavy atom. The number of H-pyrrole nitrogens is 1.